The molecule has 17 heavy (non-hydrogen) atoms. The quantitative estimate of drug-likeness (QED) is 0.605. The lowest BCUT2D eigenvalue weighted by atomic mass is 10.2. The first-order chi connectivity index (χ1) is 8.28. The number of hydrogen-bond donors (Lipinski definition) is 2. The fourth-order valence-corrected chi connectivity index (χ4v) is 1.98. The van der Waals surface area contributed by atoms with E-state index in [9.17, 15) is 0 Å². The van der Waals surface area contributed by atoms with E-state index in [0.29, 0.717) is 6.04 Å². The Morgan fingerprint density at radius 1 is 1.29 bits per heavy atom. The number of nitrogens with one attached hydrogen (secondary N) is 1. The van der Waals surface area contributed by atoms with Gasteiger partial charge >= 0.3 is 0 Å². The second kappa shape index (κ2) is 5.62. The Morgan fingerprint density at radius 3 is 2.76 bits per heavy atom. The summed E-state index contributed by atoms with van der Waals surface area (Å²) in [6.07, 6.45) is 7.58. The third-order valence-electron chi connectivity index (χ3n) is 2.78. The van der Waals surface area contributed by atoms with Gasteiger partial charge in [0.15, 0.2) is 0 Å². The normalized spacial score (nSPS) is 15.1. The van der Waals surface area contributed by atoms with Gasteiger partial charge in [-0.25, -0.2) is 0 Å². The monoisotopic (exact) mass is 232 g/mol. The van der Waals surface area contributed by atoms with Crippen LogP contribution >= 0.6 is 0 Å². The van der Waals surface area contributed by atoms with Gasteiger partial charge in [-0.1, -0.05) is 19.1 Å². The van der Waals surface area contributed by atoms with Crippen LogP contribution in [0.25, 0.3) is 0 Å². The molecule has 0 unspecified atom stereocenters. The minimum atomic E-state index is 0.496. The van der Waals surface area contributed by atoms with E-state index < -0.39 is 0 Å². The minimum Gasteiger partial charge on any atom is -0.493 e. The molecular formula is C14H20N2O. The van der Waals surface area contributed by atoms with E-state index in [1.807, 2.05) is 18.2 Å². The van der Waals surface area contributed by atoms with Gasteiger partial charge in [-0.2, -0.15) is 0 Å². The van der Waals surface area contributed by atoms with Crippen LogP contribution in [0.15, 0.2) is 30.4 Å². The van der Waals surface area contributed by atoms with Crippen molar-refractivity contribution in [1.29, 1.82) is 0 Å². The Hall–Kier alpha value is -1.64. The molecule has 3 heteroatoms. The van der Waals surface area contributed by atoms with Crippen molar-refractivity contribution in [3.63, 3.8) is 0 Å². The first kappa shape index (κ1) is 11.8. The van der Waals surface area contributed by atoms with Crippen LogP contribution in [0.2, 0.25) is 0 Å². The summed E-state index contributed by atoms with van der Waals surface area (Å²) in [6, 6.07) is 6.34. The van der Waals surface area contributed by atoms with Crippen molar-refractivity contribution >= 4 is 11.4 Å². The van der Waals surface area contributed by atoms with Crippen molar-refractivity contribution in [2.45, 2.75) is 32.2 Å². The zero-order valence-corrected chi connectivity index (χ0v) is 10.3. The number of nitrogen functional groups attached to an aromatic ring is 1. The molecule has 0 amide bonds. The average Bonchev–Trinajstić information content (AvgIpc) is 2.78. The number of rotatable bonds is 5. The SMILES string of the molecule is CCCOc1cc(N)cc(NC2CC=CC2)c1. The molecule has 0 bridgehead atoms. The summed E-state index contributed by atoms with van der Waals surface area (Å²) in [6.45, 7) is 2.82. The zero-order valence-electron chi connectivity index (χ0n) is 10.3. The number of anilines is 2. The number of ether oxygens (including phenoxy) is 1. The molecule has 1 aromatic rings. The summed E-state index contributed by atoms with van der Waals surface area (Å²) in [4.78, 5) is 0. The van der Waals surface area contributed by atoms with Crippen LogP contribution in [0.1, 0.15) is 26.2 Å². The van der Waals surface area contributed by atoms with Crippen molar-refractivity contribution < 1.29 is 4.74 Å². The van der Waals surface area contributed by atoms with Gasteiger partial charge < -0.3 is 15.8 Å². The van der Waals surface area contributed by atoms with Crippen LogP contribution in [-0.4, -0.2) is 12.6 Å². The molecule has 0 radical (unpaired) electrons. The van der Waals surface area contributed by atoms with Crippen molar-refractivity contribution in [2.75, 3.05) is 17.7 Å². The molecule has 92 valence electrons. The molecule has 2 rings (SSSR count). The highest BCUT2D eigenvalue weighted by Crippen LogP contribution is 2.25. The van der Waals surface area contributed by atoms with Crippen LogP contribution in [0, 0.1) is 0 Å². The van der Waals surface area contributed by atoms with Crippen LogP contribution in [-0.2, 0) is 0 Å². The molecular weight excluding hydrogens is 212 g/mol. The summed E-state index contributed by atoms with van der Waals surface area (Å²) >= 11 is 0. The molecule has 0 atom stereocenters. The highest BCUT2D eigenvalue weighted by molar-refractivity contribution is 5.59. The number of benzene rings is 1. The van der Waals surface area contributed by atoms with Gasteiger partial charge in [0.05, 0.1) is 6.61 Å². The number of nitrogens with two attached hydrogens (primary N) is 1. The topological polar surface area (TPSA) is 47.3 Å². The van der Waals surface area contributed by atoms with E-state index in [-0.39, 0.29) is 0 Å². The first-order valence-corrected chi connectivity index (χ1v) is 6.23. The van der Waals surface area contributed by atoms with E-state index in [0.717, 1.165) is 43.0 Å². The molecule has 3 nitrogen and oxygen atoms in total. The van der Waals surface area contributed by atoms with Gasteiger partial charge in [0.2, 0.25) is 0 Å². The standard InChI is InChI=1S/C14H20N2O/c1-2-7-17-14-9-11(15)8-13(10-14)16-12-5-3-4-6-12/h3-4,8-10,12,16H,2,5-7,15H2,1H3. The highest BCUT2D eigenvalue weighted by atomic mass is 16.5. The van der Waals surface area contributed by atoms with E-state index in [1.54, 1.807) is 0 Å². The van der Waals surface area contributed by atoms with E-state index >= 15 is 0 Å². The average molecular weight is 232 g/mol. The Bertz CT molecular complexity index is 393. The van der Waals surface area contributed by atoms with Crippen LogP contribution in [0.4, 0.5) is 11.4 Å². The lowest BCUT2D eigenvalue weighted by Crippen LogP contribution is -2.15. The third-order valence-corrected chi connectivity index (χ3v) is 2.78. The predicted molar refractivity (Wildman–Crippen MR) is 72.4 cm³/mol. The van der Waals surface area contributed by atoms with Crippen LogP contribution < -0.4 is 15.8 Å². The number of hydrogen-bond acceptors (Lipinski definition) is 3. The lowest BCUT2D eigenvalue weighted by molar-refractivity contribution is 0.318. The Labute approximate surface area is 103 Å². The fraction of sp³-hybridized carbons (Fsp3) is 0.429. The Kier molecular flexibility index (Phi) is 3.91. The second-order valence-electron chi connectivity index (χ2n) is 4.42. The van der Waals surface area contributed by atoms with Gasteiger partial charge in [-0.15, -0.1) is 0 Å². The zero-order chi connectivity index (χ0) is 12.1. The molecule has 0 saturated carbocycles. The van der Waals surface area contributed by atoms with Gasteiger partial charge in [0, 0.05) is 29.5 Å². The first-order valence-electron chi connectivity index (χ1n) is 6.23. The maximum Gasteiger partial charge on any atom is 0.123 e. The predicted octanol–water partition coefficient (Wildman–Crippen LogP) is 3.19. The van der Waals surface area contributed by atoms with E-state index in [1.165, 1.54) is 0 Å². The summed E-state index contributed by atoms with van der Waals surface area (Å²) < 4.78 is 5.61. The molecule has 0 fully saturated rings. The molecule has 3 N–H and O–H groups in total. The summed E-state index contributed by atoms with van der Waals surface area (Å²) in [5, 5.41) is 3.48. The van der Waals surface area contributed by atoms with Crippen molar-refractivity contribution in [3.05, 3.63) is 30.4 Å². The van der Waals surface area contributed by atoms with Gasteiger partial charge in [0.1, 0.15) is 5.75 Å². The third kappa shape index (κ3) is 3.41. The highest BCUT2D eigenvalue weighted by Gasteiger charge is 2.10. The Morgan fingerprint density at radius 2 is 2.06 bits per heavy atom. The summed E-state index contributed by atoms with van der Waals surface area (Å²) in [7, 11) is 0. The maximum absolute atomic E-state index is 5.87. The largest absolute Gasteiger partial charge is 0.493 e. The van der Waals surface area contributed by atoms with Crippen LogP contribution in [0.5, 0.6) is 5.75 Å². The molecule has 0 aromatic heterocycles. The lowest BCUT2D eigenvalue weighted by Gasteiger charge is -2.15. The van der Waals surface area contributed by atoms with Gasteiger partial charge in [-0.05, 0) is 25.3 Å². The molecule has 1 aliphatic rings. The fourth-order valence-electron chi connectivity index (χ4n) is 1.98. The minimum absolute atomic E-state index is 0.496. The summed E-state index contributed by atoms with van der Waals surface area (Å²) in [5.41, 5.74) is 7.66. The van der Waals surface area contributed by atoms with Crippen molar-refractivity contribution in [2.24, 2.45) is 0 Å². The van der Waals surface area contributed by atoms with Gasteiger partial charge in [0.25, 0.3) is 0 Å². The van der Waals surface area contributed by atoms with Crippen molar-refractivity contribution in [3.8, 4) is 5.75 Å². The molecule has 1 aromatic carbocycles. The molecule has 0 spiro atoms. The smallest absolute Gasteiger partial charge is 0.123 e. The molecule has 0 aliphatic heterocycles. The van der Waals surface area contributed by atoms with Crippen LogP contribution in [0.3, 0.4) is 0 Å². The Balaban J connectivity index is 2.02. The maximum atomic E-state index is 5.87. The molecule has 0 heterocycles. The van der Waals surface area contributed by atoms with Gasteiger partial charge in [-0.3, -0.25) is 0 Å². The van der Waals surface area contributed by atoms with E-state index in [2.05, 4.69) is 24.4 Å². The van der Waals surface area contributed by atoms with E-state index in [4.69, 9.17) is 10.5 Å². The summed E-state index contributed by atoms with van der Waals surface area (Å²) in [5.74, 6) is 0.848. The molecule has 0 saturated heterocycles. The second-order valence-corrected chi connectivity index (χ2v) is 4.42. The van der Waals surface area contributed by atoms with Crippen molar-refractivity contribution in [1.82, 2.24) is 0 Å². The molecule has 1 aliphatic carbocycles.